The highest BCUT2D eigenvalue weighted by molar-refractivity contribution is 6.30. The number of phenolic OH excluding ortho intramolecular Hbond substituents is 1. The first-order valence-electron chi connectivity index (χ1n) is 6.88. The second-order valence-electron chi connectivity index (χ2n) is 5.10. The summed E-state index contributed by atoms with van der Waals surface area (Å²) in [5.74, 6) is 0.329. The van der Waals surface area contributed by atoms with Crippen LogP contribution in [0.2, 0.25) is 5.02 Å². The van der Waals surface area contributed by atoms with Gasteiger partial charge in [-0.2, -0.15) is 0 Å². The van der Waals surface area contributed by atoms with Crippen LogP contribution in [-0.2, 0) is 0 Å². The van der Waals surface area contributed by atoms with Gasteiger partial charge in [-0.15, -0.1) is 0 Å². The van der Waals surface area contributed by atoms with Crippen molar-refractivity contribution in [1.29, 1.82) is 0 Å². The van der Waals surface area contributed by atoms with Crippen LogP contribution in [0.4, 0.5) is 5.69 Å². The van der Waals surface area contributed by atoms with Crippen molar-refractivity contribution in [2.45, 2.75) is 13.0 Å². The molecule has 0 bridgehead atoms. The molecule has 0 aliphatic rings. The highest BCUT2D eigenvalue weighted by atomic mass is 35.5. The normalized spacial score (nSPS) is 12.3. The Hall–Kier alpha value is -2.19. The van der Waals surface area contributed by atoms with Crippen LogP contribution in [0.5, 0.6) is 5.75 Å². The predicted octanol–water partition coefficient (Wildman–Crippen LogP) is 5.37. The van der Waals surface area contributed by atoms with E-state index in [1.54, 1.807) is 0 Å². The van der Waals surface area contributed by atoms with Gasteiger partial charge in [-0.05, 0) is 30.5 Å². The first-order chi connectivity index (χ1) is 10.1. The topological polar surface area (TPSA) is 32.3 Å². The number of hydrogen-bond donors (Lipinski definition) is 2. The van der Waals surface area contributed by atoms with Gasteiger partial charge in [0.05, 0.1) is 6.04 Å². The van der Waals surface area contributed by atoms with E-state index >= 15 is 0 Å². The van der Waals surface area contributed by atoms with Crippen LogP contribution in [0.15, 0.2) is 60.7 Å². The zero-order valence-electron chi connectivity index (χ0n) is 11.7. The van der Waals surface area contributed by atoms with Crippen molar-refractivity contribution >= 4 is 28.1 Å². The fourth-order valence-corrected chi connectivity index (χ4v) is 2.72. The number of rotatable bonds is 3. The minimum atomic E-state index is -0.0203. The summed E-state index contributed by atoms with van der Waals surface area (Å²) in [7, 11) is 0. The van der Waals surface area contributed by atoms with Gasteiger partial charge in [0, 0.05) is 21.7 Å². The zero-order valence-corrected chi connectivity index (χ0v) is 12.4. The van der Waals surface area contributed by atoms with E-state index in [-0.39, 0.29) is 6.04 Å². The van der Waals surface area contributed by atoms with E-state index in [4.69, 9.17) is 11.6 Å². The summed E-state index contributed by atoms with van der Waals surface area (Å²) in [4.78, 5) is 0. The van der Waals surface area contributed by atoms with Crippen molar-refractivity contribution < 1.29 is 5.11 Å². The third kappa shape index (κ3) is 2.81. The summed E-state index contributed by atoms with van der Waals surface area (Å²) >= 11 is 5.99. The fraction of sp³-hybridized carbons (Fsp3) is 0.111. The standard InChI is InChI=1S/C18H16ClNO/c1-12(20-15-7-4-6-14(19)11-15)16-10-9-13-5-2-3-8-17(13)18(16)21/h2-12,20-21H,1H3. The van der Waals surface area contributed by atoms with E-state index in [0.717, 1.165) is 22.0 Å². The summed E-state index contributed by atoms with van der Waals surface area (Å²) in [6.45, 7) is 2.02. The number of benzene rings is 3. The maximum atomic E-state index is 10.5. The summed E-state index contributed by atoms with van der Waals surface area (Å²) < 4.78 is 0. The van der Waals surface area contributed by atoms with Crippen molar-refractivity contribution in [2.24, 2.45) is 0 Å². The molecule has 0 aromatic heterocycles. The van der Waals surface area contributed by atoms with Crippen LogP contribution in [0, 0.1) is 0 Å². The lowest BCUT2D eigenvalue weighted by Crippen LogP contribution is -2.06. The molecule has 0 aliphatic carbocycles. The average Bonchev–Trinajstić information content (AvgIpc) is 2.48. The fourth-order valence-electron chi connectivity index (χ4n) is 2.53. The van der Waals surface area contributed by atoms with Crippen molar-refractivity contribution in [1.82, 2.24) is 0 Å². The molecule has 2 N–H and O–H groups in total. The summed E-state index contributed by atoms with van der Waals surface area (Å²) in [5, 5.41) is 16.4. The highest BCUT2D eigenvalue weighted by Gasteiger charge is 2.12. The third-order valence-electron chi connectivity index (χ3n) is 3.61. The van der Waals surface area contributed by atoms with Crippen molar-refractivity contribution in [3.05, 3.63) is 71.2 Å². The SMILES string of the molecule is CC(Nc1cccc(Cl)c1)c1ccc2ccccc2c1O. The van der Waals surface area contributed by atoms with Gasteiger partial charge in [0.1, 0.15) is 5.75 Å². The molecule has 3 rings (SSSR count). The molecule has 0 aliphatic heterocycles. The van der Waals surface area contributed by atoms with Crippen LogP contribution in [-0.4, -0.2) is 5.11 Å². The molecule has 106 valence electrons. The second kappa shape index (κ2) is 5.66. The third-order valence-corrected chi connectivity index (χ3v) is 3.84. The number of phenols is 1. The molecule has 0 radical (unpaired) electrons. The van der Waals surface area contributed by atoms with E-state index in [2.05, 4.69) is 5.32 Å². The quantitative estimate of drug-likeness (QED) is 0.681. The van der Waals surface area contributed by atoms with Gasteiger partial charge >= 0.3 is 0 Å². The number of nitrogens with one attached hydrogen (secondary N) is 1. The molecule has 0 amide bonds. The van der Waals surface area contributed by atoms with E-state index < -0.39 is 0 Å². The lowest BCUT2D eigenvalue weighted by atomic mass is 10.0. The molecule has 2 nitrogen and oxygen atoms in total. The smallest absolute Gasteiger partial charge is 0.128 e. The molecule has 0 heterocycles. The lowest BCUT2D eigenvalue weighted by molar-refractivity contribution is 0.472. The summed E-state index contributed by atoms with van der Waals surface area (Å²) in [6.07, 6.45) is 0. The molecule has 0 saturated carbocycles. The molecule has 0 fully saturated rings. The number of halogens is 1. The van der Waals surface area contributed by atoms with Crippen molar-refractivity contribution in [3.63, 3.8) is 0 Å². The monoisotopic (exact) mass is 297 g/mol. The molecule has 3 aromatic carbocycles. The number of hydrogen-bond acceptors (Lipinski definition) is 2. The van der Waals surface area contributed by atoms with Crippen LogP contribution in [0.1, 0.15) is 18.5 Å². The maximum absolute atomic E-state index is 10.5. The Bertz CT molecular complexity index is 785. The molecule has 3 aromatic rings. The second-order valence-corrected chi connectivity index (χ2v) is 5.54. The molecule has 0 spiro atoms. The van der Waals surface area contributed by atoms with Gasteiger partial charge in [0.15, 0.2) is 0 Å². The van der Waals surface area contributed by atoms with Crippen LogP contribution in [0.25, 0.3) is 10.8 Å². The number of aromatic hydroxyl groups is 1. The van der Waals surface area contributed by atoms with Gasteiger partial charge in [0.25, 0.3) is 0 Å². The summed E-state index contributed by atoms with van der Waals surface area (Å²) in [5.41, 5.74) is 1.80. The minimum absolute atomic E-state index is 0.0203. The maximum Gasteiger partial charge on any atom is 0.128 e. The molecular weight excluding hydrogens is 282 g/mol. The lowest BCUT2D eigenvalue weighted by Gasteiger charge is -2.18. The first-order valence-corrected chi connectivity index (χ1v) is 7.25. The summed E-state index contributed by atoms with van der Waals surface area (Å²) in [6, 6.07) is 19.4. The van der Waals surface area contributed by atoms with Crippen molar-refractivity contribution in [2.75, 3.05) is 5.32 Å². The molecule has 21 heavy (non-hydrogen) atoms. The Balaban J connectivity index is 1.94. The Morgan fingerprint density at radius 3 is 2.62 bits per heavy atom. The molecule has 1 unspecified atom stereocenters. The van der Waals surface area contributed by atoms with Gasteiger partial charge in [-0.25, -0.2) is 0 Å². The van der Waals surface area contributed by atoms with Gasteiger partial charge in [0.2, 0.25) is 0 Å². The van der Waals surface area contributed by atoms with Crippen LogP contribution >= 0.6 is 11.6 Å². The van der Waals surface area contributed by atoms with Crippen LogP contribution in [0.3, 0.4) is 0 Å². The Morgan fingerprint density at radius 1 is 1.00 bits per heavy atom. The molecule has 3 heteroatoms. The van der Waals surface area contributed by atoms with Crippen LogP contribution < -0.4 is 5.32 Å². The average molecular weight is 298 g/mol. The first kappa shape index (κ1) is 13.8. The Labute approximate surface area is 129 Å². The molecule has 1 atom stereocenters. The Morgan fingerprint density at radius 2 is 1.81 bits per heavy atom. The number of fused-ring (bicyclic) bond motifs is 1. The highest BCUT2D eigenvalue weighted by Crippen LogP contribution is 2.34. The van der Waals surface area contributed by atoms with E-state index in [9.17, 15) is 5.11 Å². The number of anilines is 1. The van der Waals surface area contributed by atoms with E-state index in [1.807, 2.05) is 67.6 Å². The largest absolute Gasteiger partial charge is 0.507 e. The minimum Gasteiger partial charge on any atom is -0.507 e. The van der Waals surface area contributed by atoms with Gasteiger partial charge in [-0.1, -0.05) is 54.1 Å². The molecule has 0 saturated heterocycles. The van der Waals surface area contributed by atoms with E-state index in [1.165, 1.54) is 0 Å². The molecular formula is C18H16ClNO. The van der Waals surface area contributed by atoms with Gasteiger partial charge in [-0.3, -0.25) is 0 Å². The van der Waals surface area contributed by atoms with Crippen molar-refractivity contribution in [3.8, 4) is 5.75 Å². The Kier molecular flexibility index (Phi) is 3.72. The van der Waals surface area contributed by atoms with E-state index in [0.29, 0.717) is 10.8 Å². The predicted molar refractivity (Wildman–Crippen MR) is 89.1 cm³/mol. The zero-order chi connectivity index (χ0) is 14.8. The van der Waals surface area contributed by atoms with Gasteiger partial charge < -0.3 is 10.4 Å².